The van der Waals surface area contributed by atoms with Gasteiger partial charge in [0.1, 0.15) is 11.8 Å². The van der Waals surface area contributed by atoms with Crippen molar-refractivity contribution in [1.82, 2.24) is 4.57 Å². The number of thiazole rings is 1. The highest BCUT2D eigenvalue weighted by atomic mass is 79.9. The van der Waals surface area contributed by atoms with Crippen LogP contribution in [-0.2, 0) is 25.7 Å². The quantitative estimate of drug-likeness (QED) is 0.181. The summed E-state index contributed by atoms with van der Waals surface area (Å²) in [5.41, 5.74) is 2.07. The molecule has 3 unspecified atom stereocenters. The van der Waals surface area contributed by atoms with Gasteiger partial charge in [-0.3, -0.25) is 23.7 Å². The topological polar surface area (TPSA) is 115 Å². The van der Waals surface area contributed by atoms with E-state index in [2.05, 4.69) is 37.2 Å². The van der Waals surface area contributed by atoms with E-state index in [1.807, 2.05) is 24.3 Å². The van der Waals surface area contributed by atoms with Crippen molar-refractivity contribution in [3.05, 3.63) is 107 Å². The lowest BCUT2D eigenvalue weighted by Gasteiger charge is -2.30. The van der Waals surface area contributed by atoms with E-state index in [9.17, 15) is 24.0 Å². The second-order valence-electron chi connectivity index (χ2n) is 10.1. The molecule has 0 radical (unpaired) electrons. The molecule has 1 N–H and O–H groups in total. The minimum atomic E-state index is -0.786. The van der Waals surface area contributed by atoms with Gasteiger partial charge in [-0.15, -0.1) is 0 Å². The number of esters is 1. The molecule has 6 rings (SSSR count). The molecule has 3 amide bonds. The van der Waals surface area contributed by atoms with E-state index in [1.54, 1.807) is 55.5 Å². The number of imide groups is 1. The Balaban J connectivity index is 1.33. The van der Waals surface area contributed by atoms with Crippen molar-refractivity contribution in [3.63, 3.8) is 0 Å². The van der Waals surface area contributed by atoms with E-state index in [0.29, 0.717) is 26.8 Å². The Bertz CT molecular complexity index is 1840. The van der Waals surface area contributed by atoms with Crippen LogP contribution in [0.2, 0.25) is 0 Å². The number of rotatable bonds is 7. The first-order valence-electron chi connectivity index (χ1n) is 13.5. The van der Waals surface area contributed by atoms with Crippen LogP contribution >= 0.6 is 55.0 Å². The summed E-state index contributed by atoms with van der Waals surface area (Å²) in [6.07, 6.45) is 0. The molecule has 1 aromatic heterocycles. The monoisotopic (exact) mass is 755 g/mol. The van der Waals surface area contributed by atoms with Gasteiger partial charge in [0.2, 0.25) is 17.7 Å². The maximum atomic E-state index is 14.0. The third-order valence-electron chi connectivity index (χ3n) is 7.34. The largest absolute Gasteiger partial charge is 0.462 e. The van der Waals surface area contributed by atoms with Gasteiger partial charge in [-0.05, 0) is 73.2 Å². The van der Waals surface area contributed by atoms with E-state index >= 15 is 0 Å². The smallest absolute Gasteiger partial charge is 0.338 e. The molecule has 9 nitrogen and oxygen atoms in total. The molecule has 3 atom stereocenters. The number of amides is 3. The number of nitrogens with one attached hydrogen (secondary N) is 1. The Morgan fingerprint density at radius 3 is 2.16 bits per heavy atom. The second kappa shape index (κ2) is 12.5. The molecule has 2 aliphatic rings. The number of halogens is 2. The number of aromatic nitrogens is 1. The van der Waals surface area contributed by atoms with Crippen LogP contribution in [-0.4, -0.2) is 40.1 Å². The van der Waals surface area contributed by atoms with Gasteiger partial charge in [0.05, 0.1) is 28.8 Å². The average molecular weight is 757 g/mol. The molecule has 44 heavy (non-hydrogen) atoms. The van der Waals surface area contributed by atoms with Crippen molar-refractivity contribution in [2.75, 3.05) is 16.8 Å². The van der Waals surface area contributed by atoms with Crippen molar-refractivity contribution in [3.8, 4) is 0 Å². The van der Waals surface area contributed by atoms with Gasteiger partial charge in [0.25, 0.3) is 0 Å². The number of fused-ring (bicyclic) bond motifs is 2. The van der Waals surface area contributed by atoms with E-state index in [4.69, 9.17) is 4.74 Å². The first-order chi connectivity index (χ1) is 21.2. The summed E-state index contributed by atoms with van der Waals surface area (Å²) in [6.45, 7) is 1.68. The number of ether oxygens (including phenoxy) is 1. The Morgan fingerprint density at radius 2 is 1.52 bits per heavy atom. The molecule has 0 aliphatic carbocycles. The first kappa shape index (κ1) is 30.5. The normalized spacial score (nSPS) is 19.0. The molecule has 2 aliphatic heterocycles. The van der Waals surface area contributed by atoms with Crippen molar-refractivity contribution >= 4 is 90.0 Å². The van der Waals surface area contributed by atoms with Crippen molar-refractivity contribution in [1.29, 1.82) is 0 Å². The van der Waals surface area contributed by atoms with Crippen molar-refractivity contribution < 1.29 is 23.9 Å². The van der Waals surface area contributed by atoms with Gasteiger partial charge >= 0.3 is 10.8 Å². The molecule has 0 saturated carbocycles. The first-order valence-corrected chi connectivity index (χ1v) is 16.8. The second-order valence-corrected chi connectivity index (χ2v) is 14.0. The fourth-order valence-corrected chi connectivity index (χ4v) is 8.68. The van der Waals surface area contributed by atoms with Crippen LogP contribution in [0.4, 0.5) is 11.4 Å². The molecule has 3 aromatic carbocycles. The molecule has 0 spiro atoms. The zero-order valence-corrected chi connectivity index (χ0v) is 27.8. The number of thioether (sulfide) groups is 1. The number of hydrogen-bond acceptors (Lipinski definition) is 8. The molecule has 0 bridgehead atoms. The highest BCUT2D eigenvalue weighted by Gasteiger charge is 2.56. The summed E-state index contributed by atoms with van der Waals surface area (Å²) in [4.78, 5) is 67.8. The fourth-order valence-electron chi connectivity index (χ4n) is 5.38. The number of carbonyl (C=O) groups is 4. The predicted octanol–water partition coefficient (Wildman–Crippen LogP) is 6.05. The molecular formula is C31H23Br2N3O6S2. The maximum absolute atomic E-state index is 14.0. The summed E-state index contributed by atoms with van der Waals surface area (Å²) in [7, 11) is 0. The molecular weight excluding hydrogens is 734 g/mol. The summed E-state index contributed by atoms with van der Waals surface area (Å²) in [5.74, 6) is -2.90. The number of nitrogens with zero attached hydrogens (tertiary/aromatic N) is 2. The van der Waals surface area contributed by atoms with Crippen molar-refractivity contribution in [2.24, 2.45) is 5.92 Å². The lowest BCUT2D eigenvalue weighted by atomic mass is 9.83. The van der Waals surface area contributed by atoms with Crippen LogP contribution in [0.3, 0.4) is 0 Å². The zero-order valence-electron chi connectivity index (χ0n) is 23.0. The van der Waals surface area contributed by atoms with Gasteiger partial charge in [0.15, 0.2) is 0 Å². The number of carbonyl (C=O) groups excluding carboxylic acids is 4. The van der Waals surface area contributed by atoms with Crippen molar-refractivity contribution in [2.45, 2.75) is 29.7 Å². The van der Waals surface area contributed by atoms with Crippen LogP contribution in [0, 0.1) is 5.92 Å². The lowest BCUT2D eigenvalue weighted by molar-refractivity contribution is -0.122. The molecule has 13 heteroatoms. The molecule has 1 saturated heterocycles. The standard InChI is InChI=1S/C31H23Br2N3O6S2/c1-2-42-30(40)17-5-11-20(12-6-17)34-22(37)15-35-29-26(44-31(35)41)23(16-3-7-18(32)8-4-16)24-25(43-29)28(39)36(27(24)38)21-13-9-19(33)10-14-21/h3-14,23-25H,2,15H2,1H3,(H,34,37). The molecule has 1 fully saturated rings. The fraction of sp³-hybridized carbons (Fsp3) is 0.194. The Labute approximate surface area is 276 Å². The van der Waals surface area contributed by atoms with Gasteiger partial charge in [-0.25, -0.2) is 9.69 Å². The summed E-state index contributed by atoms with van der Waals surface area (Å²) >= 11 is 9.00. The Morgan fingerprint density at radius 1 is 0.886 bits per heavy atom. The minimum Gasteiger partial charge on any atom is -0.462 e. The zero-order chi connectivity index (χ0) is 31.1. The Kier molecular flexibility index (Phi) is 8.64. The summed E-state index contributed by atoms with van der Waals surface area (Å²) in [6, 6.07) is 20.7. The molecule has 4 aromatic rings. The van der Waals surface area contributed by atoms with E-state index in [0.717, 1.165) is 37.6 Å². The minimum absolute atomic E-state index is 0.251. The van der Waals surface area contributed by atoms with Crippen LogP contribution in [0.25, 0.3) is 0 Å². The maximum Gasteiger partial charge on any atom is 0.338 e. The number of anilines is 2. The summed E-state index contributed by atoms with van der Waals surface area (Å²) < 4.78 is 8.04. The van der Waals surface area contributed by atoms with Crippen LogP contribution in [0.1, 0.15) is 33.6 Å². The Hall–Kier alpha value is -3.52. The van der Waals surface area contributed by atoms with Crippen LogP contribution < -0.4 is 15.1 Å². The number of hydrogen-bond donors (Lipinski definition) is 1. The summed E-state index contributed by atoms with van der Waals surface area (Å²) in [5, 5.41) is 2.48. The average Bonchev–Trinajstić information content (AvgIpc) is 3.45. The third kappa shape index (κ3) is 5.69. The van der Waals surface area contributed by atoms with E-state index in [1.165, 1.54) is 9.47 Å². The van der Waals surface area contributed by atoms with Gasteiger partial charge in [0, 0.05) is 25.4 Å². The van der Waals surface area contributed by atoms with Crippen LogP contribution in [0.5, 0.6) is 0 Å². The van der Waals surface area contributed by atoms with Gasteiger partial charge in [-0.2, -0.15) is 0 Å². The molecule has 3 heterocycles. The van der Waals surface area contributed by atoms with Gasteiger partial charge in [-0.1, -0.05) is 67.1 Å². The highest BCUT2D eigenvalue weighted by Crippen LogP contribution is 2.54. The van der Waals surface area contributed by atoms with Gasteiger partial charge < -0.3 is 10.1 Å². The van der Waals surface area contributed by atoms with E-state index < -0.39 is 29.0 Å². The predicted molar refractivity (Wildman–Crippen MR) is 175 cm³/mol. The van der Waals surface area contributed by atoms with Crippen LogP contribution in [0.15, 0.2) is 91.6 Å². The van der Waals surface area contributed by atoms with E-state index in [-0.39, 0.29) is 29.8 Å². The lowest BCUT2D eigenvalue weighted by Crippen LogP contribution is -2.33. The third-order valence-corrected chi connectivity index (χ3v) is 11.0. The molecule has 224 valence electrons. The number of benzene rings is 3. The highest BCUT2D eigenvalue weighted by molar-refractivity contribution is 9.10. The SMILES string of the molecule is CCOC(=O)c1ccc(NC(=O)Cn2c3c(sc2=O)C(c2ccc(Br)cc2)C2C(=O)N(c4ccc(Br)cc4)C(=O)C2S3)cc1.